The Morgan fingerprint density at radius 3 is 2.36 bits per heavy atom. The molecular weight excluding hydrogens is 347 g/mol. The van der Waals surface area contributed by atoms with Crippen molar-refractivity contribution in [3.05, 3.63) is 81.2 Å². The molecule has 0 spiro atoms. The van der Waals surface area contributed by atoms with Crippen molar-refractivity contribution in [1.29, 1.82) is 0 Å². The van der Waals surface area contributed by atoms with Gasteiger partial charge in [0.15, 0.2) is 5.82 Å². The summed E-state index contributed by atoms with van der Waals surface area (Å²) in [7, 11) is 0. The third kappa shape index (κ3) is 2.72. The number of amides is 1. The Labute approximate surface area is 146 Å². The molecule has 0 bridgehead atoms. The molecule has 0 saturated carbocycles. The summed E-state index contributed by atoms with van der Waals surface area (Å²) in [6.07, 6.45) is 0. The molecule has 0 aliphatic carbocycles. The van der Waals surface area contributed by atoms with Crippen molar-refractivity contribution in [3.63, 3.8) is 0 Å². The molecule has 1 aromatic heterocycles. The molecule has 2 aromatic carbocycles. The van der Waals surface area contributed by atoms with Crippen LogP contribution in [-0.4, -0.2) is 20.4 Å². The van der Waals surface area contributed by atoms with Crippen LogP contribution in [0.15, 0.2) is 53.3 Å². The van der Waals surface area contributed by atoms with Gasteiger partial charge in [-0.25, -0.2) is 18.7 Å². The average Bonchev–Trinajstić information content (AvgIpc) is 3.08. The van der Waals surface area contributed by atoms with E-state index in [9.17, 15) is 14.0 Å². The van der Waals surface area contributed by atoms with Crippen molar-refractivity contribution in [2.75, 3.05) is 4.90 Å². The maximum Gasteiger partial charge on any atom is 0.354 e. The first-order valence-electron chi connectivity index (χ1n) is 7.53. The van der Waals surface area contributed by atoms with Crippen molar-refractivity contribution in [2.45, 2.75) is 13.1 Å². The molecule has 1 amide bonds. The van der Waals surface area contributed by atoms with Crippen molar-refractivity contribution in [3.8, 4) is 0 Å². The van der Waals surface area contributed by atoms with Crippen LogP contribution in [0.3, 0.4) is 0 Å². The molecule has 0 atom stereocenters. The van der Waals surface area contributed by atoms with Crippen LogP contribution in [0.4, 0.5) is 14.9 Å². The fourth-order valence-electron chi connectivity index (χ4n) is 2.77. The van der Waals surface area contributed by atoms with E-state index in [1.165, 1.54) is 21.7 Å². The number of rotatable bonds is 3. The van der Waals surface area contributed by atoms with Gasteiger partial charge in [-0.3, -0.25) is 4.90 Å². The average molecular weight is 359 g/mol. The first kappa shape index (κ1) is 15.6. The lowest BCUT2D eigenvalue weighted by Crippen LogP contribution is -2.34. The summed E-state index contributed by atoms with van der Waals surface area (Å²) in [6, 6.07) is 12.1. The van der Waals surface area contributed by atoms with Gasteiger partial charge in [0, 0.05) is 10.7 Å². The van der Waals surface area contributed by atoms with Crippen molar-refractivity contribution in [1.82, 2.24) is 14.3 Å². The first-order valence-corrected chi connectivity index (χ1v) is 7.91. The Balaban J connectivity index is 1.62. The fourth-order valence-corrected chi connectivity index (χ4v) is 2.89. The molecule has 4 rings (SSSR count). The molecule has 0 fully saturated rings. The number of hydrogen-bond acceptors (Lipinski definition) is 3. The molecule has 25 heavy (non-hydrogen) atoms. The van der Waals surface area contributed by atoms with Crippen molar-refractivity contribution in [2.24, 2.45) is 0 Å². The smallest absolute Gasteiger partial charge is 0.286 e. The summed E-state index contributed by atoms with van der Waals surface area (Å²) in [4.78, 5) is 26.5. The number of halogens is 2. The van der Waals surface area contributed by atoms with Crippen LogP contribution in [0.1, 0.15) is 11.4 Å². The van der Waals surface area contributed by atoms with Crippen LogP contribution >= 0.6 is 11.6 Å². The Morgan fingerprint density at radius 1 is 1.04 bits per heavy atom. The Hall–Kier alpha value is -2.93. The summed E-state index contributed by atoms with van der Waals surface area (Å²) < 4.78 is 15.2. The minimum Gasteiger partial charge on any atom is -0.286 e. The van der Waals surface area contributed by atoms with Gasteiger partial charge in [-0.15, -0.1) is 0 Å². The van der Waals surface area contributed by atoms with E-state index in [0.717, 1.165) is 10.1 Å². The normalized spacial score (nSPS) is 13.4. The van der Waals surface area contributed by atoms with Crippen LogP contribution in [0.5, 0.6) is 0 Å². The molecule has 2 heterocycles. The number of aromatic nitrogens is 3. The minimum absolute atomic E-state index is 0.174. The third-order valence-corrected chi connectivity index (χ3v) is 4.26. The molecule has 1 aliphatic heterocycles. The second kappa shape index (κ2) is 5.86. The van der Waals surface area contributed by atoms with Gasteiger partial charge in [0.2, 0.25) is 0 Å². The lowest BCUT2D eigenvalue weighted by Gasteiger charge is -2.14. The Morgan fingerprint density at radius 2 is 1.72 bits per heavy atom. The third-order valence-electron chi connectivity index (χ3n) is 4.01. The van der Waals surface area contributed by atoms with E-state index in [2.05, 4.69) is 5.10 Å². The highest BCUT2D eigenvalue weighted by atomic mass is 35.5. The SMILES string of the molecule is O=C1N(c2ccc(Cl)cc2)Cc2nn(Cc3ccc(F)cc3)c(=O)n21. The maximum atomic E-state index is 13.0. The van der Waals surface area contributed by atoms with Crippen LogP contribution in [0.2, 0.25) is 5.02 Å². The summed E-state index contributed by atoms with van der Waals surface area (Å²) >= 11 is 5.86. The van der Waals surface area contributed by atoms with Gasteiger partial charge in [-0.05, 0) is 42.0 Å². The number of fused-ring (bicyclic) bond motifs is 1. The van der Waals surface area contributed by atoms with E-state index in [0.29, 0.717) is 16.5 Å². The number of benzene rings is 2. The number of carbonyl (C=O) groups is 1. The Kier molecular flexibility index (Phi) is 3.65. The molecule has 6 nitrogen and oxygen atoms in total. The monoisotopic (exact) mass is 358 g/mol. The predicted octanol–water partition coefficient (Wildman–Crippen LogP) is 2.87. The van der Waals surface area contributed by atoms with Gasteiger partial charge in [0.25, 0.3) is 0 Å². The molecular formula is C17H12ClFN4O2. The van der Waals surface area contributed by atoms with Crippen LogP contribution in [0.25, 0.3) is 0 Å². The highest BCUT2D eigenvalue weighted by Gasteiger charge is 2.33. The van der Waals surface area contributed by atoms with Crippen LogP contribution in [0, 0.1) is 5.82 Å². The van der Waals surface area contributed by atoms with Crippen LogP contribution in [-0.2, 0) is 13.1 Å². The van der Waals surface area contributed by atoms with Crippen LogP contribution < -0.4 is 10.6 Å². The zero-order chi connectivity index (χ0) is 17.6. The summed E-state index contributed by atoms with van der Waals surface area (Å²) in [5.74, 6) is 0.0178. The van der Waals surface area contributed by atoms with Gasteiger partial charge in [0.05, 0.1) is 13.1 Å². The molecule has 0 radical (unpaired) electrons. The van der Waals surface area contributed by atoms with E-state index >= 15 is 0 Å². The molecule has 0 unspecified atom stereocenters. The van der Waals surface area contributed by atoms with E-state index in [-0.39, 0.29) is 18.9 Å². The standard InChI is InChI=1S/C17H12ClFN4O2/c18-12-3-7-14(8-4-12)21-10-15-20-22(17(25)23(15)16(21)24)9-11-1-5-13(19)6-2-11/h1-8H,9-10H2. The highest BCUT2D eigenvalue weighted by Crippen LogP contribution is 2.24. The van der Waals surface area contributed by atoms with E-state index < -0.39 is 11.7 Å². The zero-order valence-corrected chi connectivity index (χ0v) is 13.7. The number of hydrogen-bond donors (Lipinski definition) is 0. The number of nitrogens with zero attached hydrogens (tertiary/aromatic N) is 4. The van der Waals surface area contributed by atoms with Gasteiger partial charge in [0.1, 0.15) is 5.82 Å². The quantitative estimate of drug-likeness (QED) is 0.723. The maximum absolute atomic E-state index is 13.0. The number of anilines is 1. The molecule has 3 aromatic rings. The van der Waals surface area contributed by atoms with Crippen molar-refractivity contribution >= 4 is 23.3 Å². The second-order valence-corrected chi connectivity index (χ2v) is 6.10. The van der Waals surface area contributed by atoms with Gasteiger partial charge in [-0.1, -0.05) is 23.7 Å². The van der Waals surface area contributed by atoms with E-state index in [1.807, 2.05) is 0 Å². The Bertz CT molecular complexity index is 1010. The summed E-state index contributed by atoms with van der Waals surface area (Å²) in [6.45, 7) is 0.374. The predicted molar refractivity (Wildman–Crippen MR) is 90.4 cm³/mol. The lowest BCUT2D eigenvalue weighted by atomic mass is 10.2. The zero-order valence-electron chi connectivity index (χ0n) is 12.9. The molecule has 126 valence electrons. The van der Waals surface area contributed by atoms with Gasteiger partial charge >= 0.3 is 11.7 Å². The minimum atomic E-state index is -0.513. The lowest BCUT2D eigenvalue weighted by molar-refractivity contribution is 0.250. The second-order valence-electron chi connectivity index (χ2n) is 5.66. The van der Waals surface area contributed by atoms with E-state index in [4.69, 9.17) is 11.6 Å². The van der Waals surface area contributed by atoms with Crippen molar-refractivity contribution < 1.29 is 9.18 Å². The molecule has 8 heteroatoms. The first-order chi connectivity index (χ1) is 12.0. The molecule has 1 aliphatic rings. The largest absolute Gasteiger partial charge is 0.354 e. The fraction of sp³-hybridized carbons (Fsp3) is 0.118. The van der Waals surface area contributed by atoms with Gasteiger partial charge < -0.3 is 0 Å². The van der Waals surface area contributed by atoms with Gasteiger partial charge in [-0.2, -0.15) is 9.67 Å². The topological polar surface area (TPSA) is 60.1 Å². The van der Waals surface area contributed by atoms with E-state index in [1.54, 1.807) is 36.4 Å². The highest BCUT2D eigenvalue weighted by molar-refractivity contribution is 6.30. The summed E-state index contributed by atoms with van der Waals surface area (Å²) in [5.41, 5.74) is 0.854. The molecule has 0 saturated heterocycles. The summed E-state index contributed by atoms with van der Waals surface area (Å²) in [5, 5.41) is 4.80. The molecule has 0 N–H and O–H groups in total. The number of carbonyl (C=O) groups excluding carboxylic acids is 1.